The van der Waals surface area contributed by atoms with Gasteiger partial charge >= 0.3 is 0 Å². The van der Waals surface area contributed by atoms with Crippen molar-refractivity contribution in [3.05, 3.63) is 66.1 Å². The molecule has 0 unspecified atom stereocenters. The number of pyridine rings is 2. The molecule has 2 aromatic heterocycles. The molecule has 0 bridgehead atoms. The second kappa shape index (κ2) is 7.88. The van der Waals surface area contributed by atoms with Gasteiger partial charge in [0.05, 0.1) is 16.8 Å². The molecule has 2 saturated carbocycles. The van der Waals surface area contributed by atoms with Crippen LogP contribution in [0.2, 0.25) is 0 Å². The molecule has 0 amide bonds. The number of nitrogens with zero attached hydrogens (tertiary/aromatic N) is 5. The van der Waals surface area contributed by atoms with Crippen LogP contribution in [0.5, 0.6) is 0 Å². The van der Waals surface area contributed by atoms with Crippen molar-refractivity contribution in [1.82, 2.24) is 14.9 Å². The minimum absolute atomic E-state index is 0.369. The summed E-state index contributed by atoms with van der Waals surface area (Å²) in [4.78, 5) is 14.5. The number of fused-ring (bicyclic) bond motifs is 1. The maximum absolute atomic E-state index is 10.1. The molecule has 3 fully saturated rings. The molecule has 6 rings (SSSR count). The molecule has 2 aliphatic carbocycles. The number of aromatic nitrogens is 2. The molecule has 0 N–H and O–H groups in total. The number of piperazine rings is 1. The van der Waals surface area contributed by atoms with Crippen LogP contribution in [0.15, 0.2) is 54.9 Å². The third kappa shape index (κ3) is 3.64. The zero-order valence-electron chi connectivity index (χ0n) is 19.2. The van der Waals surface area contributed by atoms with E-state index >= 15 is 0 Å². The molecule has 5 heteroatoms. The second-order valence-electron chi connectivity index (χ2n) is 9.81. The van der Waals surface area contributed by atoms with E-state index in [0.717, 1.165) is 53.2 Å². The summed E-state index contributed by atoms with van der Waals surface area (Å²) in [5.74, 6) is 2.01. The second-order valence-corrected chi connectivity index (χ2v) is 9.81. The van der Waals surface area contributed by atoms with Gasteiger partial charge in [0, 0.05) is 54.4 Å². The summed E-state index contributed by atoms with van der Waals surface area (Å²) >= 11 is 0. The van der Waals surface area contributed by atoms with Crippen molar-refractivity contribution < 1.29 is 0 Å². The van der Waals surface area contributed by atoms with Gasteiger partial charge in [-0.2, -0.15) is 5.26 Å². The standard InChI is InChI=1S/C28H29N5/c1-18-17-32(13-14-33(18)19(2)20-7-8-20)28-22(16-29)15-25(27(31-28)21-9-10-21)23-11-12-30-26-6-4-3-5-24(23)26/h3-6,11-12,15,18,20-21H,2,7-10,13-14,17H2,1H3/t18-/m1/s1. The fourth-order valence-corrected chi connectivity index (χ4v) is 5.28. The average Bonchev–Trinajstić information content (AvgIpc) is 3.76. The SMILES string of the molecule is C=C(C1CC1)N1CCN(c2nc(C3CC3)c(-c3ccnc4ccccc34)cc2C#N)C[C@H]1C. The molecule has 1 saturated heterocycles. The van der Waals surface area contributed by atoms with Crippen molar-refractivity contribution in [3.8, 4) is 17.2 Å². The highest BCUT2D eigenvalue weighted by atomic mass is 15.3. The highest BCUT2D eigenvalue weighted by Gasteiger charge is 2.35. The summed E-state index contributed by atoms with van der Waals surface area (Å²) in [6.07, 6.45) is 6.76. The Morgan fingerprint density at radius 2 is 1.91 bits per heavy atom. The van der Waals surface area contributed by atoms with Gasteiger partial charge in [-0.25, -0.2) is 4.98 Å². The number of allylic oxidation sites excluding steroid dienone is 1. The van der Waals surface area contributed by atoms with Crippen LogP contribution < -0.4 is 4.90 Å². The fourth-order valence-electron chi connectivity index (χ4n) is 5.28. The molecular formula is C28H29N5. The molecule has 3 aromatic rings. The van der Waals surface area contributed by atoms with Gasteiger partial charge in [-0.3, -0.25) is 4.98 Å². The van der Waals surface area contributed by atoms with E-state index in [4.69, 9.17) is 4.98 Å². The summed E-state index contributed by atoms with van der Waals surface area (Å²) in [5.41, 5.74) is 6.28. The minimum Gasteiger partial charge on any atom is -0.369 e. The van der Waals surface area contributed by atoms with Crippen molar-refractivity contribution in [2.24, 2.45) is 5.92 Å². The number of hydrogen-bond donors (Lipinski definition) is 0. The van der Waals surface area contributed by atoms with E-state index < -0.39 is 0 Å². The molecule has 3 aliphatic rings. The van der Waals surface area contributed by atoms with Gasteiger partial charge in [-0.05, 0) is 62.3 Å². The van der Waals surface area contributed by atoms with E-state index in [0.29, 0.717) is 23.4 Å². The van der Waals surface area contributed by atoms with Crippen LogP contribution in [0.25, 0.3) is 22.0 Å². The molecule has 166 valence electrons. The van der Waals surface area contributed by atoms with Gasteiger partial charge in [-0.15, -0.1) is 0 Å². The van der Waals surface area contributed by atoms with Gasteiger partial charge in [-0.1, -0.05) is 24.8 Å². The van der Waals surface area contributed by atoms with Crippen molar-refractivity contribution in [3.63, 3.8) is 0 Å². The highest BCUT2D eigenvalue weighted by molar-refractivity contribution is 5.95. The van der Waals surface area contributed by atoms with E-state index in [9.17, 15) is 5.26 Å². The topological polar surface area (TPSA) is 56.1 Å². The number of para-hydroxylation sites is 1. The van der Waals surface area contributed by atoms with Crippen LogP contribution in [0.1, 0.15) is 49.8 Å². The third-order valence-corrected chi connectivity index (χ3v) is 7.40. The van der Waals surface area contributed by atoms with Crippen molar-refractivity contribution in [2.75, 3.05) is 24.5 Å². The lowest BCUT2D eigenvalue weighted by molar-refractivity contribution is 0.232. The van der Waals surface area contributed by atoms with Crippen LogP contribution in [0, 0.1) is 17.2 Å². The van der Waals surface area contributed by atoms with Crippen LogP contribution in [0.3, 0.4) is 0 Å². The Morgan fingerprint density at radius 1 is 1.09 bits per heavy atom. The van der Waals surface area contributed by atoms with E-state index in [1.807, 2.05) is 24.4 Å². The van der Waals surface area contributed by atoms with E-state index in [1.54, 1.807) is 0 Å². The Morgan fingerprint density at radius 3 is 2.64 bits per heavy atom. The summed E-state index contributed by atoms with van der Waals surface area (Å²) in [6.45, 7) is 9.33. The van der Waals surface area contributed by atoms with Gasteiger partial charge in [0.2, 0.25) is 0 Å². The Hall–Kier alpha value is -3.39. The first-order valence-electron chi connectivity index (χ1n) is 12.1. The summed E-state index contributed by atoms with van der Waals surface area (Å²) < 4.78 is 0. The Kier molecular flexibility index (Phi) is 4.83. The average molecular weight is 436 g/mol. The third-order valence-electron chi connectivity index (χ3n) is 7.40. The Bertz CT molecular complexity index is 1280. The number of rotatable bonds is 5. The molecular weight excluding hydrogens is 406 g/mol. The van der Waals surface area contributed by atoms with Crippen molar-refractivity contribution in [2.45, 2.75) is 44.6 Å². The Labute approximate surface area is 195 Å². The maximum atomic E-state index is 10.1. The summed E-state index contributed by atoms with van der Waals surface area (Å²) in [5, 5.41) is 11.2. The minimum atomic E-state index is 0.369. The summed E-state index contributed by atoms with van der Waals surface area (Å²) in [7, 11) is 0. The molecule has 1 atom stereocenters. The lowest BCUT2D eigenvalue weighted by Crippen LogP contribution is -2.52. The van der Waals surface area contributed by atoms with Crippen LogP contribution in [-0.4, -0.2) is 40.5 Å². The first-order chi connectivity index (χ1) is 16.1. The van der Waals surface area contributed by atoms with Gasteiger partial charge in [0.15, 0.2) is 0 Å². The molecule has 0 spiro atoms. The number of hydrogen-bond acceptors (Lipinski definition) is 5. The van der Waals surface area contributed by atoms with Crippen LogP contribution >= 0.6 is 0 Å². The van der Waals surface area contributed by atoms with Crippen molar-refractivity contribution >= 4 is 16.7 Å². The largest absolute Gasteiger partial charge is 0.369 e. The first-order valence-corrected chi connectivity index (χ1v) is 12.1. The lowest BCUT2D eigenvalue weighted by Gasteiger charge is -2.43. The van der Waals surface area contributed by atoms with Crippen LogP contribution in [0.4, 0.5) is 5.82 Å². The molecule has 3 heterocycles. The molecule has 33 heavy (non-hydrogen) atoms. The van der Waals surface area contributed by atoms with Gasteiger partial charge in [0.25, 0.3) is 0 Å². The highest BCUT2D eigenvalue weighted by Crippen LogP contribution is 2.46. The van der Waals surface area contributed by atoms with Gasteiger partial charge < -0.3 is 9.80 Å². The van der Waals surface area contributed by atoms with Crippen molar-refractivity contribution in [1.29, 1.82) is 5.26 Å². The maximum Gasteiger partial charge on any atom is 0.147 e. The summed E-state index contributed by atoms with van der Waals surface area (Å²) in [6, 6.07) is 15.2. The fraction of sp³-hybridized carbons (Fsp3) is 0.393. The predicted molar refractivity (Wildman–Crippen MR) is 132 cm³/mol. The molecule has 1 aromatic carbocycles. The smallest absolute Gasteiger partial charge is 0.147 e. The quantitative estimate of drug-likeness (QED) is 0.531. The zero-order chi connectivity index (χ0) is 22.5. The predicted octanol–water partition coefficient (Wildman–Crippen LogP) is 5.48. The zero-order valence-corrected chi connectivity index (χ0v) is 19.2. The number of nitriles is 1. The number of anilines is 1. The van der Waals surface area contributed by atoms with E-state index in [2.05, 4.69) is 52.6 Å². The normalized spacial score (nSPS) is 20.7. The molecule has 0 radical (unpaired) electrons. The van der Waals surface area contributed by atoms with E-state index in [1.165, 1.54) is 31.4 Å². The first kappa shape index (κ1) is 20.2. The van der Waals surface area contributed by atoms with Crippen LogP contribution in [-0.2, 0) is 0 Å². The molecule has 5 nitrogen and oxygen atoms in total. The lowest BCUT2D eigenvalue weighted by atomic mass is 9.96. The molecule has 1 aliphatic heterocycles. The van der Waals surface area contributed by atoms with E-state index in [-0.39, 0.29) is 0 Å². The Balaban J connectivity index is 1.39. The monoisotopic (exact) mass is 435 g/mol. The van der Waals surface area contributed by atoms with Gasteiger partial charge in [0.1, 0.15) is 11.9 Å². The number of benzene rings is 1.